The summed E-state index contributed by atoms with van der Waals surface area (Å²) in [6.45, 7) is 3.97. The largest absolute Gasteiger partial charge is 0.399 e. The van der Waals surface area contributed by atoms with Crippen LogP contribution < -0.4 is 5.73 Å². The van der Waals surface area contributed by atoms with E-state index >= 15 is 0 Å². The molecule has 0 heterocycles. The van der Waals surface area contributed by atoms with Gasteiger partial charge in [-0.2, -0.15) is 0 Å². The zero-order chi connectivity index (χ0) is 14.4. The third kappa shape index (κ3) is 5.09. The van der Waals surface area contributed by atoms with Crippen molar-refractivity contribution in [2.24, 2.45) is 0 Å². The quantitative estimate of drug-likeness (QED) is 0.815. The molecule has 1 aromatic rings. The Kier molecular flexibility index (Phi) is 6.12. The van der Waals surface area contributed by atoms with Gasteiger partial charge in [-0.25, -0.2) is 0 Å². The van der Waals surface area contributed by atoms with Crippen LogP contribution in [0.4, 0.5) is 5.69 Å². The molecule has 1 aromatic carbocycles. The minimum atomic E-state index is 0.0912. The normalized spacial score (nSPS) is 10.8. The molecule has 0 aliphatic heterocycles. The van der Waals surface area contributed by atoms with E-state index in [0.717, 1.165) is 18.5 Å². The van der Waals surface area contributed by atoms with Gasteiger partial charge in [-0.3, -0.25) is 9.69 Å². The first-order valence-corrected chi connectivity index (χ1v) is 6.78. The van der Waals surface area contributed by atoms with Crippen LogP contribution in [0.15, 0.2) is 18.2 Å². The molecule has 19 heavy (non-hydrogen) atoms. The van der Waals surface area contributed by atoms with E-state index in [-0.39, 0.29) is 5.91 Å². The maximum atomic E-state index is 11.8. The number of rotatable bonds is 6. The Labute approximate surface area is 120 Å². The summed E-state index contributed by atoms with van der Waals surface area (Å²) in [4.78, 5) is 15.5. The lowest BCUT2D eigenvalue weighted by atomic mass is 10.2. The Balaban J connectivity index is 2.77. The highest BCUT2D eigenvalue weighted by molar-refractivity contribution is 6.31. The van der Waals surface area contributed by atoms with Crippen LogP contribution >= 0.6 is 11.6 Å². The van der Waals surface area contributed by atoms with E-state index in [9.17, 15) is 4.79 Å². The van der Waals surface area contributed by atoms with Crippen molar-refractivity contribution in [2.45, 2.75) is 19.9 Å². The second kappa shape index (κ2) is 7.36. The van der Waals surface area contributed by atoms with Gasteiger partial charge in [0.1, 0.15) is 0 Å². The molecule has 106 valence electrons. The van der Waals surface area contributed by atoms with Gasteiger partial charge in [0.05, 0.1) is 6.54 Å². The highest BCUT2D eigenvalue weighted by atomic mass is 35.5. The molecular weight excluding hydrogens is 262 g/mol. The molecule has 5 heteroatoms. The van der Waals surface area contributed by atoms with Crippen molar-refractivity contribution in [2.75, 3.05) is 32.9 Å². The van der Waals surface area contributed by atoms with Crippen LogP contribution in [-0.2, 0) is 11.3 Å². The zero-order valence-corrected chi connectivity index (χ0v) is 12.6. The number of nitrogen functional groups attached to an aromatic ring is 1. The van der Waals surface area contributed by atoms with Gasteiger partial charge in [0, 0.05) is 31.4 Å². The lowest BCUT2D eigenvalue weighted by Crippen LogP contribution is -2.36. The van der Waals surface area contributed by atoms with Crippen molar-refractivity contribution in [1.82, 2.24) is 9.80 Å². The van der Waals surface area contributed by atoms with Crippen LogP contribution in [0.3, 0.4) is 0 Å². The smallest absolute Gasteiger partial charge is 0.236 e. The maximum Gasteiger partial charge on any atom is 0.236 e. The van der Waals surface area contributed by atoms with Gasteiger partial charge in [-0.15, -0.1) is 0 Å². The van der Waals surface area contributed by atoms with E-state index < -0.39 is 0 Å². The molecule has 4 nitrogen and oxygen atoms in total. The van der Waals surface area contributed by atoms with Crippen LogP contribution in [0.5, 0.6) is 0 Å². The molecule has 0 aliphatic rings. The number of hydrogen-bond acceptors (Lipinski definition) is 3. The molecule has 0 aliphatic carbocycles. The fourth-order valence-corrected chi connectivity index (χ4v) is 2.00. The van der Waals surface area contributed by atoms with E-state index in [1.807, 2.05) is 6.07 Å². The molecule has 0 radical (unpaired) electrons. The molecule has 0 saturated heterocycles. The van der Waals surface area contributed by atoms with Gasteiger partial charge in [0.25, 0.3) is 0 Å². The summed E-state index contributed by atoms with van der Waals surface area (Å²) in [5, 5.41) is 0.688. The Morgan fingerprint density at radius 2 is 2.05 bits per heavy atom. The molecule has 1 rings (SSSR count). The van der Waals surface area contributed by atoms with Crippen LogP contribution in [0.25, 0.3) is 0 Å². The first kappa shape index (κ1) is 15.8. The number of carbonyl (C=O) groups is 1. The lowest BCUT2D eigenvalue weighted by molar-refractivity contribution is -0.130. The Morgan fingerprint density at radius 1 is 1.37 bits per heavy atom. The zero-order valence-electron chi connectivity index (χ0n) is 11.8. The maximum absolute atomic E-state index is 11.8. The number of likely N-dealkylation sites (N-methyl/N-ethyl adjacent to an activating group) is 1. The minimum Gasteiger partial charge on any atom is -0.399 e. The molecule has 0 saturated carbocycles. The van der Waals surface area contributed by atoms with Gasteiger partial charge in [0.15, 0.2) is 0 Å². The van der Waals surface area contributed by atoms with E-state index in [2.05, 4.69) is 11.8 Å². The molecule has 0 fully saturated rings. The Hall–Kier alpha value is -1.26. The van der Waals surface area contributed by atoms with E-state index in [1.54, 1.807) is 31.1 Å². The summed E-state index contributed by atoms with van der Waals surface area (Å²) in [6.07, 6.45) is 0.987. The van der Waals surface area contributed by atoms with Crippen molar-refractivity contribution >= 4 is 23.2 Å². The SMILES string of the molecule is CCCN(CC(=O)N(C)C)Cc1cc(N)ccc1Cl. The van der Waals surface area contributed by atoms with E-state index in [0.29, 0.717) is 23.8 Å². The standard InChI is InChI=1S/C14H22ClN3O/c1-4-7-18(10-14(19)17(2)3)9-11-8-12(16)5-6-13(11)15/h5-6,8H,4,7,9-10,16H2,1-3H3. The number of nitrogens with two attached hydrogens (primary N) is 1. The first-order valence-electron chi connectivity index (χ1n) is 6.40. The van der Waals surface area contributed by atoms with Gasteiger partial charge >= 0.3 is 0 Å². The third-order valence-electron chi connectivity index (χ3n) is 2.86. The fourth-order valence-electron chi connectivity index (χ4n) is 1.82. The minimum absolute atomic E-state index is 0.0912. The molecule has 0 aromatic heterocycles. The Morgan fingerprint density at radius 3 is 2.63 bits per heavy atom. The molecule has 0 bridgehead atoms. The summed E-state index contributed by atoms with van der Waals surface area (Å²) < 4.78 is 0. The number of amides is 1. The van der Waals surface area contributed by atoms with Crippen LogP contribution in [0.2, 0.25) is 5.02 Å². The van der Waals surface area contributed by atoms with Crippen LogP contribution in [0, 0.1) is 0 Å². The van der Waals surface area contributed by atoms with Gasteiger partial charge in [0.2, 0.25) is 5.91 Å². The molecular formula is C14H22ClN3O. The second-order valence-electron chi connectivity index (χ2n) is 4.85. The van der Waals surface area contributed by atoms with Crippen LogP contribution in [0.1, 0.15) is 18.9 Å². The van der Waals surface area contributed by atoms with E-state index in [1.165, 1.54) is 0 Å². The van der Waals surface area contributed by atoms with Crippen LogP contribution in [-0.4, -0.2) is 42.9 Å². The topological polar surface area (TPSA) is 49.6 Å². The van der Waals surface area contributed by atoms with Crippen molar-refractivity contribution in [3.8, 4) is 0 Å². The number of benzene rings is 1. The average Bonchev–Trinajstić information content (AvgIpc) is 2.34. The van der Waals surface area contributed by atoms with E-state index in [4.69, 9.17) is 17.3 Å². The second-order valence-corrected chi connectivity index (χ2v) is 5.26. The number of nitrogens with zero attached hydrogens (tertiary/aromatic N) is 2. The van der Waals surface area contributed by atoms with Gasteiger partial charge in [-0.1, -0.05) is 18.5 Å². The summed E-state index contributed by atoms with van der Waals surface area (Å²) in [7, 11) is 3.53. The molecule has 0 spiro atoms. The monoisotopic (exact) mass is 283 g/mol. The van der Waals surface area contributed by atoms with Crippen molar-refractivity contribution in [1.29, 1.82) is 0 Å². The molecule has 2 N–H and O–H groups in total. The summed E-state index contributed by atoms with van der Waals surface area (Å²) in [5.41, 5.74) is 7.42. The molecule has 0 unspecified atom stereocenters. The average molecular weight is 284 g/mol. The predicted molar refractivity (Wildman–Crippen MR) is 80.1 cm³/mol. The van der Waals surface area contributed by atoms with Crippen molar-refractivity contribution in [3.05, 3.63) is 28.8 Å². The van der Waals surface area contributed by atoms with Crippen molar-refractivity contribution in [3.63, 3.8) is 0 Å². The fraction of sp³-hybridized carbons (Fsp3) is 0.500. The third-order valence-corrected chi connectivity index (χ3v) is 3.23. The van der Waals surface area contributed by atoms with Gasteiger partial charge < -0.3 is 10.6 Å². The number of hydrogen-bond donors (Lipinski definition) is 1. The molecule has 1 amide bonds. The molecule has 0 atom stereocenters. The number of halogens is 1. The first-order chi connectivity index (χ1) is 8.93. The lowest BCUT2D eigenvalue weighted by Gasteiger charge is -2.23. The summed E-state index contributed by atoms with van der Waals surface area (Å²) >= 11 is 6.16. The number of carbonyl (C=O) groups excluding carboxylic acids is 1. The van der Waals surface area contributed by atoms with Crippen molar-refractivity contribution < 1.29 is 4.79 Å². The highest BCUT2D eigenvalue weighted by Gasteiger charge is 2.13. The summed E-state index contributed by atoms with van der Waals surface area (Å²) in [6, 6.07) is 5.44. The highest BCUT2D eigenvalue weighted by Crippen LogP contribution is 2.20. The Bertz CT molecular complexity index is 435. The van der Waals surface area contributed by atoms with Gasteiger partial charge in [-0.05, 0) is 36.7 Å². The number of anilines is 1. The predicted octanol–water partition coefficient (Wildman–Crippen LogP) is 2.22. The summed E-state index contributed by atoms with van der Waals surface area (Å²) in [5.74, 6) is 0.0912.